The van der Waals surface area contributed by atoms with Crippen LogP contribution in [0.3, 0.4) is 0 Å². The van der Waals surface area contributed by atoms with Crippen LogP contribution in [0.5, 0.6) is 0 Å². The van der Waals surface area contributed by atoms with Crippen molar-refractivity contribution in [3.63, 3.8) is 0 Å². The molecule has 2 aromatic carbocycles. The molecule has 0 aromatic heterocycles. The van der Waals surface area contributed by atoms with E-state index in [9.17, 15) is 14.4 Å². The van der Waals surface area contributed by atoms with Gasteiger partial charge >= 0.3 is 18.0 Å². The normalized spacial score (nSPS) is 10.1. The third kappa shape index (κ3) is 7.12. The lowest BCUT2D eigenvalue weighted by atomic mass is 10.1. The highest BCUT2D eigenvalue weighted by molar-refractivity contribution is 6.02. The fourth-order valence-corrected chi connectivity index (χ4v) is 2.88. The van der Waals surface area contributed by atoms with Crippen molar-refractivity contribution < 1.29 is 23.9 Å². The molecular weight excluding hydrogens is 408 g/mol. The minimum absolute atomic E-state index is 0.190. The lowest BCUT2D eigenvalue weighted by molar-refractivity contribution is -0.138. The lowest BCUT2D eigenvalue weighted by Gasteiger charge is -2.25. The van der Waals surface area contributed by atoms with Crippen LogP contribution in [0, 0.1) is 0 Å². The molecule has 0 saturated carbocycles. The number of urea groups is 1. The Bertz CT molecular complexity index is 874. The Labute approximate surface area is 188 Å². The molecule has 7 nitrogen and oxygen atoms in total. The SMILES string of the molecule is C=CC(=O)OCCc1ccc(N(C)C(=O)N(C)c2ccc(CCOC(=O)C=C)cc2)cc1. The van der Waals surface area contributed by atoms with Gasteiger partial charge in [0.2, 0.25) is 0 Å². The average molecular weight is 437 g/mol. The van der Waals surface area contributed by atoms with E-state index in [0.29, 0.717) is 12.8 Å². The number of carbonyl (C=O) groups is 3. The topological polar surface area (TPSA) is 76.2 Å². The van der Waals surface area contributed by atoms with E-state index in [4.69, 9.17) is 9.47 Å². The monoisotopic (exact) mass is 436 g/mol. The summed E-state index contributed by atoms with van der Waals surface area (Å²) in [5.41, 5.74) is 3.48. The molecule has 0 saturated heterocycles. The molecule has 0 aliphatic carbocycles. The molecule has 2 rings (SSSR count). The molecule has 0 radical (unpaired) electrons. The van der Waals surface area contributed by atoms with Gasteiger partial charge in [-0.05, 0) is 35.4 Å². The Morgan fingerprint density at radius 3 is 1.38 bits per heavy atom. The number of amides is 2. The summed E-state index contributed by atoms with van der Waals surface area (Å²) in [6, 6.07) is 14.8. The average Bonchev–Trinajstić information content (AvgIpc) is 2.83. The molecule has 0 fully saturated rings. The van der Waals surface area contributed by atoms with E-state index in [1.165, 1.54) is 0 Å². The summed E-state index contributed by atoms with van der Waals surface area (Å²) in [4.78, 5) is 38.2. The number of nitrogens with zero attached hydrogens (tertiary/aromatic N) is 2. The van der Waals surface area contributed by atoms with Crippen LogP contribution in [0.2, 0.25) is 0 Å². The fourth-order valence-electron chi connectivity index (χ4n) is 2.88. The third-order valence-electron chi connectivity index (χ3n) is 4.82. The second-order valence-corrected chi connectivity index (χ2v) is 6.98. The summed E-state index contributed by atoms with van der Waals surface area (Å²) < 4.78 is 9.97. The predicted molar refractivity (Wildman–Crippen MR) is 125 cm³/mol. The summed E-state index contributed by atoms with van der Waals surface area (Å²) >= 11 is 0. The van der Waals surface area contributed by atoms with Gasteiger partial charge in [-0.2, -0.15) is 0 Å². The first-order valence-corrected chi connectivity index (χ1v) is 10.1. The second-order valence-electron chi connectivity index (χ2n) is 6.98. The van der Waals surface area contributed by atoms with Crippen molar-refractivity contribution in [3.05, 3.63) is 85.0 Å². The minimum Gasteiger partial charge on any atom is -0.462 e. The number of ether oxygens (including phenoxy) is 2. The van der Waals surface area contributed by atoms with Crippen molar-refractivity contribution in [1.82, 2.24) is 0 Å². The van der Waals surface area contributed by atoms with Gasteiger partial charge in [-0.1, -0.05) is 37.4 Å². The van der Waals surface area contributed by atoms with Crippen molar-refractivity contribution in [2.45, 2.75) is 12.8 Å². The second kappa shape index (κ2) is 12.1. The van der Waals surface area contributed by atoms with Gasteiger partial charge in [-0.25, -0.2) is 14.4 Å². The van der Waals surface area contributed by atoms with Gasteiger partial charge in [0, 0.05) is 50.5 Å². The van der Waals surface area contributed by atoms with Crippen LogP contribution < -0.4 is 9.80 Å². The highest BCUT2D eigenvalue weighted by Gasteiger charge is 2.17. The van der Waals surface area contributed by atoms with Crippen molar-refractivity contribution in [2.24, 2.45) is 0 Å². The molecule has 7 heteroatoms. The molecule has 168 valence electrons. The maximum Gasteiger partial charge on any atom is 0.330 e. The van der Waals surface area contributed by atoms with Crippen molar-refractivity contribution in [3.8, 4) is 0 Å². The highest BCUT2D eigenvalue weighted by atomic mass is 16.5. The largest absolute Gasteiger partial charge is 0.462 e. The van der Waals surface area contributed by atoms with E-state index in [-0.39, 0.29) is 19.2 Å². The Balaban J connectivity index is 1.92. The molecule has 2 amide bonds. The Morgan fingerprint density at radius 2 is 1.06 bits per heavy atom. The third-order valence-corrected chi connectivity index (χ3v) is 4.82. The van der Waals surface area contributed by atoms with Gasteiger partial charge in [0.05, 0.1) is 13.2 Å². The predicted octanol–water partition coefficient (Wildman–Crippen LogP) is 3.92. The number of hydrogen-bond acceptors (Lipinski definition) is 5. The minimum atomic E-state index is -0.445. The molecule has 2 aromatic rings. The van der Waals surface area contributed by atoms with E-state index in [0.717, 1.165) is 34.7 Å². The van der Waals surface area contributed by atoms with Crippen LogP contribution in [0.1, 0.15) is 11.1 Å². The highest BCUT2D eigenvalue weighted by Crippen LogP contribution is 2.20. The number of esters is 2. The molecule has 0 spiro atoms. The summed E-state index contributed by atoms with van der Waals surface area (Å²) in [5.74, 6) is -0.890. The molecule has 0 N–H and O–H groups in total. The van der Waals surface area contributed by atoms with Crippen molar-refractivity contribution in [2.75, 3.05) is 37.1 Å². The fraction of sp³-hybridized carbons (Fsp3) is 0.240. The van der Waals surface area contributed by atoms with Crippen LogP contribution in [0.15, 0.2) is 73.8 Å². The summed E-state index contributed by atoms with van der Waals surface area (Å²) in [6.45, 7) is 7.26. The van der Waals surface area contributed by atoms with Crippen LogP contribution in [-0.4, -0.2) is 45.3 Å². The molecule has 0 unspecified atom stereocenters. The first-order chi connectivity index (χ1) is 15.3. The first kappa shape index (κ1) is 24.4. The van der Waals surface area contributed by atoms with Crippen LogP contribution in [0.25, 0.3) is 0 Å². The maximum atomic E-state index is 12.9. The van der Waals surface area contributed by atoms with E-state index >= 15 is 0 Å². The Hall–Kier alpha value is -3.87. The zero-order valence-electron chi connectivity index (χ0n) is 18.5. The molecule has 0 atom stereocenters. The smallest absolute Gasteiger partial charge is 0.330 e. The summed E-state index contributed by atoms with van der Waals surface area (Å²) in [5, 5.41) is 0. The van der Waals surface area contributed by atoms with Gasteiger partial charge in [0.15, 0.2) is 0 Å². The Kier molecular flexibility index (Phi) is 9.22. The van der Waals surface area contributed by atoms with E-state index in [1.807, 2.05) is 48.5 Å². The molecular formula is C25H28N2O5. The molecule has 32 heavy (non-hydrogen) atoms. The zero-order valence-corrected chi connectivity index (χ0v) is 18.5. The van der Waals surface area contributed by atoms with Gasteiger partial charge < -0.3 is 9.47 Å². The van der Waals surface area contributed by atoms with Crippen LogP contribution >= 0.6 is 0 Å². The first-order valence-electron chi connectivity index (χ1n) is 10.1. The number of anilines is 2. The number of carbonyl (C=O) groups excluding carboxylic acids is 3. The van der Waals surface area contributed by atoms with Gasteiger partial charge in [0.25, 0.3) is 0 Å². The maximum absolute atomic E-state index is 12.9. The van der Waals surface area contributed by atoms with E-state index < -0.39 is 11.9 Å². The van der Waals surface area contributed by atoms with Crippen LogP contribution in [-0.2, 0) is 31.9 Å². The quantitative estimate of drug-likeness (QED) is 0.417. The number of hydrogen-bond donors (Lipinski definition) is 0. The molecule has 0 aliphatic heterocycles. The molecule has 0 bridgehead atoms. The standard InChI is InChI=1S/C25H28N2O5/c1-5-23(28)31-17-15-19-7-11-21(12-8-19)26(3)25(30)27(4)22-13-9-20(10-14-22)16-18-32-24(29)6-2/h5-14H,1-2,15-18H2,3-4H3. The van der Waals surface area contributed by atoms with Gasteiger partial charge in [-0.3, -0.25) is 9.80 Å². The van der Waals surface area contributed by atoms with Gasteiger partial charge in [0.1, 0.15) is 0 Å². The van der Waals surface area contributed by atoms with Gasteiger partial charge in [-0.15, -0.1) is 0 Å². The van der Waals surface area contributed by atoms with Crippen LogP contribution in [0.4, 0.5) is 16.2 Å². The molecule has 0 heterocycles. The summed E-state index contributed by atoms with van der Waals surface area (Å²) in [6.07, 6.45) is 3.43. The zero-order chi connectivity index (χ0) is 23.5. The van der Waals surface area contributed by atoms with Crippen molar-refractivity contribution in [1.29, 1.82) is 0 Å². The number of benzene rings is 2. The summed E-state index contributed by atoms with van der Waals surface area (Å²) in [7, 11) is 3.42. The van der Waals surface area contributed by atoms with Crippen molar-refractivity contribution >= 4 is 29.3 Å². The van der Waals surface area contributed by atoms with E-state index in [2.05, 4.69) is 13.2 Å². The Morgan fingerprint density at radius 1 is 0.719 bits per heavy atom. The number of rotatable bonds is 10. The molecule has 0 aliphatic rings. The van der Waals surface area contributed by atoms with E-state index in [1.54, 1.807) is 23.9 Å². The lowest BCUT2D eigenvalue weighted by Crippen LogP contribution is -2.38.